The van der Waals surface area contributed by atoms with Gasteiger partial charge in [0, 0.05) is 0 Å². The molecule has 1 aliphatic carbocycles. The van der Waals surface area contributed by atoms with Crippen LogP contribution in [0.25, 0.3) is 5.73 Å². The van der Waals surface area contributed by atoms with Gasteiger partial charge in [0.25, 0.3) is 0 Å². The monoisotopic (exact) mass is 254 g/mol. The van der Waals surface area contributed by atoms with Crippen LogP contribution in [0.5, 0.6) is 0 Å². The van der Waals surface area contributed by atoms with Crippen molar-refractivity contribution < 1.29 is 21.6 Å². The molecule has 0 aromatic carbocycles. The van der Waals surface area contributed by atoms with E-state index in [9.17, 15) is 4.79 Å². The topological polar surface area (TPSA) is 53.2 Å². The van der Waals surface area contributed by atoms with Crippen molar-refractivity contribution in [1.29, 1.82) is 0 Å². The first-order valence-electron chi connectivity index (χ1n) is 5.12. The molecule has 0 aliphatic heterocycles. The van der Waals surface area contributed by atoms with Gasteiger partial charge in [-0.25, -0.2) is 9.79 Å². The van der Waals surface area contributed by atoms with Crippen LogP contribution in [0.15, 0.2) is 4.99 Å². The molecule has 0 amide bonds. The molecule has 0 heterocycles. The first kappa shape index (κ1) is 14.8. The summed E-state index contributed by atoms with van der Waals surface area (Å²) in [5.41, 5.74) is 7.77. The SMILES string of the molecule is CC1(C)CC(N=C=O)CC(C)(C[NH-])C1.[Co+2]. The van der Waals surface area contributed by atoms with Crippen LogP contribution in [0.4, 0.5) is 0 Å². The minimum atomic E-state index is 0. The second kappa shape index (κ2) is 5.26. The van der Waals surface area contributed by atoms with Crippen molar-refractivity contribution in [1.82, 2.24) is 0 Å². The van der Waals surface area contributed by atoms with E-state index in [1.165, 1.54) is 0 Å². The molecule has 15 heavy (non-hydrogen) atoms. The second-order valence-corrected chi connectivity index (χ2v) is 5.61. The Bertz CT molecular complexity index is 261. The van der Waals surface area contributed by atoms with Crippen LogP contribution in [-0.4, -0.2) is 18.7 Å². The third kappa shape index (κ3) is 4.07. The van der Waals surface area contributed by atoms with E-state index >= 15 is 0 Å². The standard InChI is InChI=1S/C11H19N2O.Co/c1-10(2)4-9(13-8-14)5-11(3,6-10)7-12;/h9,12H,4-7H2,1-3H3;/q-1;+2. The minimum Gasteiger partial charge on any atom is -0.677 e. The predicted octanol–water partition coefficient (Wildman–Crippen LogP) is 2.96. The molecule has 2 atom stereocenters. The molecule has 0 saturated heterocycles. The summed E-state index contributed by atoms with van der Waals surface area (Å²) in [5.74, 6) is 0. The van der Waals surface area contributed by atoms with Gasteiger partial charge in [-0.3, -0.25) is 0 Å². The third-order valence-electron chi connectivity index (χ3n) is 3.08. The zero-order valence-corrected chi connectivity index (χ0v) is 10.6. The Morgan fingerprint density at radius 2 is 2.00 bits per heavy atom. The number of isocyanates is 1. The zero-order chi connectivity index (χ0) is 10.8. The van der Waals surface area contributed by atoms with E-state index < -0.39 is 0 Å². The van der Waals surface area contributed by atoms with Crippen LogP contribution in [0.3, 0.4) is 0 Å². The summed E-state index contributed by atoms with van der Waals surface area (Å²) in [4.78, 5) is 14.1. The number of nitrogens with one attached hydrogen (secondary N) is 1. The van der Waals surface area contributed by atoms with Gasteiger partial charge in [0.15, 0.2) is 0 Å². The van der Waals surface area contributed by atoms with Crippen LogP contribution in [-0.2, 0) is 21.6 Å². The normalized spacial score (nSPS) is 33.7. The smallest absolute Gasteiger partial charge is 0.677 e. The van der Waals surface area contributed by atoms with Crippen LogP contribution >= 0.6 is 0 Å². The van der Waals surface area contributed by atoms with Gasteiger partial charge in [-0.1, -0.05) is 20.8 Å². The Balaban J connectivity index is 0.00000196. The third-order valence-corrected chi connectivity index (χ3v) is 3.08. The fourth-order valence-corrected chi connectivity index (χ4v) is 2.88. The van der Waals surface area contributed by atoms with E-state index in [4.69, 9.17) is 5.73 Å². The van der Waals surface area contributed by atoms with Crippen molar-refractivity contribution in [3.63, 3.8) is 0 Å². The van der Waals surface area contributed by atoms with Crippen LogP contribution in [0, 0.1) is 10.8 Å². The van der Waals surface area contributed by atoms with Gasteiger partial charge in [0.2, 0.25) is 6.08 Å². The fraction of sp³-hybridized carbons (Fsp3) is 0.909. The van der Waals surface area contributed by atoms with E-state index in [-0.39, 0.29) is 33.7 Å². The van der Waals surface area contributed by atoms with Crippen LogP contribution in [0.2, 0.25) is 0 Å². The number of hydrogen-bond acceptors (Lipinski definition) is 2. The molecule has 2 unspecified atom stereocenters. The molecule has 4 heteroatoms. The fourth-order valence-electron chi connectivity index (χ4n) is 2.88. The van der Waals surface area contributed by atoms with Gasteiger partial charge in [-0.05, 0) is 30.1 Å². The van der Waals surface area contributed by atoms with Crippen molar-refractivity contribution in [3.8, 4) is 0 Å². The quantitative estimate of drug-likeness (QED) is 0.552. The Kier molecular flexibility index (Phi) is 5.20. The van der Waals surface area contributed by atoms with E-state index in [1.54, 1.807) is 6.08 Å². The van der Waals surface area contributed by atoms with Gasteiger partial charge in [0.1, 0.15) is 0 Å². The van der Waals surface area contributed by atoms with E-state index in [0.29, 0.717) is 6.54 Å². The van der Waals surface area contributed by atoms with Gasteiger partial charge in [-0.2, -0.15) is 0 Å². The second-order valence-electron chi connectivity index (χ2n) is 5.61. The largest absolute Gasteiger partial charge is 2.00 e. The molecule has 1 radical (unpaired) electrons. The van der Waals surface area contributed by atoms with Crippen molar-refractivity contribution in [2.75, 3.05) is 6.54 Å². The number of hydrogen-bond donors (Lipinski definition) is 0. The summed E-state index contributed by atoms with van der Waals surface area (Å²) in [6, 6.07) is 0.0756. The molecule has 1 aliphatic rings. The Labute approximate surface area is 102 Å². The zero-order valence-electron chi connectivity index (χ0n) is 9.59. The Morgan fingerprint density at radius 3 is 2.47 bits per heavy atom. The summed E-state index contributed by atoms with van der Waals surface area (Å²) in [5, 5.41) is 0. The van der Waals surface area contributed by atoms with Crippen molar-refractivity contribution in [2.24, 2.45) is 15.8 Å². The first-order chi connectivity index (χ1) is 6.41. The predicted molar refractivity (Wildman–Crippen MR) is 56.8 cm³/mol. The van der Waals surface area contributed by atoms with Gasteiger partial charge >= 0.3 is 16.8 Å². The molecule has 1 N–H and O–H groups in total. The molecule has 0 bridgehead atoms. The van der Waals surface area contributed by atoms with E-state index in [0.717, 1.165) is 19.3 Å². The average molecular weight is 254 g/mol. The maximum absolute atomic E-state index is 10.2. The summed E-state index contributed by atoms with van der Waals surface area (Å²) in [6.45, 7) is 6.91. The van der Waals surface area contributed by atoms with E-state index in [2.05, 4.69) is 25.8 Å². The molecular weight excluding hydrogens is 235 g/mol. The maximum atomic E-state index is 10.2. The molecule has 1 rings (SSSR count). The first-order valence-corrected chi connectivity index (χ1v) is 5.12. The molecule has 3 nitrogen and oxygen atoms in total. The van der Waals surface area contributed by atoms with Crippen LogP contribution < -0.4 is 0 Å². The van der Waals surface area contributed by atoms with Crippen LogP contribution in [0.1, 0.15) is 40.0 Å². The molecule has 1 saturated carbocycles. The summed E-state index contributed by atoms with van der Waals surface area (Å²) in [7, 11) is 0. The van der Waals surface area contributed by atoms with Crippen molar-refractivity contribution >= 4 is 6.08 Å². The number of aliphatic imine (C=N–C) groups is 1. The van der Waals surface area contributed by atoms with Crippen molar-refractivity contribution in [3.05, 3.63) is 5.73 Å². The number of carbonyl (C=O) groups excluding carboxylic acids is 1. The number of rotatable bonds is 2. The Morgan fingerprint density at radius 1 is 1.40 bits per heavy atom. The Hall–Kier alpha value is -0.154. The molecular formula is C11H19CoN2O+. The van der Waals surface area contributed by atoms with Gasteiger partial charge < -0.3 is 5.73 Å². The number of nitrogens with zero attached hydrogens (tertiary/aromatic N) is 1. The van der Waals surface area contributed by atoms with E-state index in [1.807, 2.05) is 0 Å². The summed E-state index contributed by atoms with van der Waals surface area (Å²) in [6.07, 6.45) is 4.50. The summed E-state index contributed by atoms with van der Waals surface area (Å²) < 4.78 is 0. The van der Waals surface area contributed by atoms with Gasteiger partial charge in [-0.15, -0.1) is 6.54 Å². The molecule has 1 fully saturated rings. The summed E-state index contributed by atoms with van der Waals surface area (Å²) >= 11 is 0. The maximum Gasteiger partial charge on any atom is 2.00 e. The van der Waals surface area contributed by atoms with Crippen molar-refractivity contribution in [2.45, 2.75) is 46.1 Å². The molecule has 0 aromatic rings. The average Bonchev–Trinajstić information content (AvgIpc) is 2.01. The molecule has 87 valence electrons. The minimum absolute atomic E-state index is 0. The molecule has 0 aromatic heterocycles. The van der Waals surface area contributed by atoms with Gasteiger partial charge in [0.05, 0.1) is 6.04 Å². The molecule has 0 spiro atoms.